The van der Waals surface area contributed by atoms with Gasteiger partial charge in [0.15, 0.2) is 18.7 Å². The largest absolute Gasteiger partial charge is 0.463 e. The monoisotopic (exact) mass is 662 g/mol. The average molecular weight is 663 g/mol. The van der Waals surface area contributed by atoms with Crippen molar-refractivity contribution >= 4 is 24.1 Å². The van der Waals surface area contributed by atoms with Gasteiger partial charge in [-0.25, -0.2) is 9.59 Å². The highest BCUT2D eigenvalue weighted by Gasteiger charge is 2.53. The van der Waals surface area contributed by atoms with Gasteiger partial charge in [0.25, 0.3) is 0 Å². The van der Waals surface area contributed by atoms with E-state index in [1.54, 1.807) is 54.6 Å². The summed E-state index contributed by atoms with van der Waals surface area (Å²) in [5.74, 6) is -1.47. The van der Waals surface area contributed by atoms with Crippen LogP contribution in [0.5, 0.6) is 0 Å². The van der Waals surface area contributed by atoms with Crippen LogP contribution in [0.4, 0.5) is 9.59 Å². The van der Waals surface area contributed by atoms with Gasteiger partial charge in [-0.05, 0) is 11.1 Å². The first-order chi connectivity index (χ1) is 22.5. The highest BCUT2D eigenvalue weighted by molar-refractivity contribution is 5.68. The normalized spacial score (nSPS) is 28.5. The Morgan fingerprint density at radius 2 is 1.32 bits per heavy atom. The number of nitrogens with one attached hydrogen (secondary N) is 2. The van der Waals surface area contributed by atoms with Crippen molar-refractivity contribution in [3.05, 3.63) is 71.8 Å². The van der Waals surface area contributed by atoms with Gasteiger partial charge in [-0.15, -0.1) is 0 Å². The lowest BCUT2D eigenvalue weighted by Gasteiger charge is -2.43. The fraction of sp³-hybridized carbons (Fsp3) is 0.484. The zero-order valence-electron chi connectivity index (χ0n) is 25.6. The van der Waals surface area contributed by atoms with E-state index in [4.69, 9.17) is 33.2 Å². The Labute approximate surface area is 269 Å². The molecule has 0 aromatic heterocycles. The summed E-state index contributed by atoms with van der Waals surface area (Å²) >= 11 is 0. The Balaban J connectivity index is 1.50. The van der Waals surface area contributed by atoms with Crippen molar-refractivity contribution in [2.75, 3.05) is 13.2 Å². The van der Waals surface area contributed by atoms with Crippen LogP contribution in [0.2, 0.25) is 0 Å². The highest BCUT2D eigenvalue weighted by Crippen LogP contribution is 2.31. The quantitative estimate of drug-likeness (QED) is 0.152. The molecule has 9 atom stereocenters. The molecule has 16 heteroatoms. The molecule has 2 saturated heterocycles. The molecule has 256 valence electrons. The van der Waals surface area contributed by atoms with Gasteiger partial charge in [0.2, 0.25) is 0 Å². The minimum Gasteiger partial charge on any atom is -0.463 e. The molecule has 2 aromatic rings. The number of carbonyl (C=O) groups is 4. The van der Waals surface area contributed by atoms with Crippen molar-refractivity contribution in [2.45, 2.75) is 82.3 Å². The molecule has 4 rings (SSSR count). The summed E-state index contributed by atoms with van der Waals surface area (Å²) in [4.78, 5) is 48.5. The molecule has 0 spiro atoms. The fourth-order valence-corrected chi connectivity index (χ4v) is 4.91. The lowest BCUT2D eigenvalue weighted by atomic mass is 9.96. The van der Waals surface area contributed by atoms with Gasteiger partial charge >= 0.3 is 24.1 Å². The van der Waals surface area contributed by atoms with Crippen LogP contribution >= 0.6 is 0 Å². The summed E-state index contributed by atoms with van der Waals surface area (Å²) in [6, 6.07) is 16.2. The number of aliphatic hydroxyl groups is 3. The average Bonchev–Trinajstić information content (AvgIpc) is 3.34. The highest BCUT2D eigenvalue weighted by atomic mass is 16.7. The number of alkyl carbamates (subject to hydrolysis) is 2. The predicted octanol–water partition coefficient (Wildman–Crippen LogP) is 0.252. The molecule has 2 aliphatic heterocycles. The second-order valence-corrected chi connectivity index (χ2v) is 10.7. The SMILES string of the molecule is CC(=O)OC[C@H]1OC(O)[C@H](OC(C)=O)[C@@H]1O[C@H]1O[C@@H](CNC(=O)OCc2ccccc2)[C@H](O)[C@H](O)[C@H]1NC(=O)OCc1ccccc1. The molecule has 2 heterocycles. The first kappa shape index (κ1) is 35.5. The number of rotatable bonds is 12. The summed E-state index contributed by atoms with van der Waals surface area (Å²) in [6.07, 6.45) is -13.9. The smallest absolute Gasteiger partial charge is 0.407 e. The minimum atomic E-state index is -1.75. The van der Waals surface area contributed by atoms with Gasteiger partial charge in [-0.1, -0.05) is 60.7 Å². The lowest BCUT2D eigenvalue weighted by molar-refractivity contribution is -0.285. The molecule has 0 aliphatic carbocycles. The maximum atomic E-state index is 12.8. The van der Waals surface area contributed by atoms with E-state index in [1.807, 2.05) is 6.07 Å². The summed E-state index contributed by atoms with van der Waals surface area (Å²) in [5, 5.41) is 37.4. The van der Waals surface area contributed by atoms with E-state index in [0.717, 1.165) is 19.4 Å². The van der Waals surface area contributed by atoms with Crippen LogP contribution in [0.25, 0.3) is 0 Å². The molecule has 5 N–H and O–H groups in total. The number of benzene rings is 2. The molecular weight excluding hydrogens is 624 g/mol. The standard InChI is InChI=1S/C31H38N2O14/c1-17(34)41-16-22-26(27(28(38)45-22)44-18(2)35)47-29-23(33-31(40)43-15-20-11-7-4-8-12-20)25(37)24(36)21(46-29)13-32-30(39)42-14-19-9-5-3-6-10-19/h3-12,21-29,36-38H,13-16H2,1-2H3,(H,32,39)(H,33,40)/t21-,22+,23+,24-,25+,26+,27+,28?,29+/m0/s1. The Kier molecular flexibility index (Phi) is 12.9. The van der Waals surface area contributed by atoms with Crippen LogP contribution in [0.1, 0.15) is 25.0 Å². The topological polar surface area (TPSA) is 218 Å². The zero-order valence-corrected chi connectivity index (χ0v) is 25.6. The molecule has 0 saturated carbocycles. The van der Waals surface area contributed by atoms with Gasteiger partial charge in [0.05, 0.1) is 0 Å². The number of hydrogen-bond donors (Lipinski definition) is 5. The van der Waals surface area contributed by atoms with Gasteiger partial charge in [0, 0.05) is 20.4 Å². The second kappa shape index (κ2) is 17.0. The maximum absolute atomic E-state index is 12.8. The molecule has 47 heavy (non-hydrogen) atoms. The van der Waals surface area contributed by atoms with E-state index < -0.39 is 86.0 Å². The molecule has 2 aromatic carbocycles. The minimum absolute atomic E-state index is 0.0303. The van der Waals surface area contributed by atoms with Gasteiger partial charge in [-0.2, -0.15) is 0 Å². The maximum Gasteiger partial charge on any atom is 0.407 e. The summed E-state index contributed by atoms with van der Waals surface area (Å²) < 4.78 is 38.1. The van der Waals surface area contributed by atoms with E-state index in [-0.39, 0.29) is 19.8 Å². The number of ether oxygens (including phenoxy) is 7. The summed E-state index contributed by atoms with van der Waals surface area (Å²) in [6.45, 7) is 1.29. The lowest BCUT2D eigenvalue weighted by Crippen LogP contribution is -2.66. The van der Waals surface area contributed by atoms with Crippen molar-refractivity contribution in [1.29, 1.82) is 0 Å². The van der Waals surface area contributed by atoms with Crippen molar-refractivity contribution in [1.82, 2.24) is 10.6 Å². The number of esters is 2. The number of aliphatic hydroxyl groups excluding tert-OH is 3. The first-order valence-corrected chi connectivity index (χ1v) is 14.7. The zero-order chi connectivity index (χ0) is 33.9. The van der Waals surface area contributed by atoms with Crippen LogP contribution in [0.3, 0.4) is 0 Å². The van der Waals surface area contributed by atoms with E-state index in [0.29, 0.717) is 5.56 Å². The molecule has 2 fully saturated rings. The molecule has 2 aliphatic rings. The molecule has 0 bridgehead atoms. The Morgan fingerprint density at radius 3 is 1.89 bits per heavy atom. The van der Waals surface area contributed by atoms with E-state index in [2.05, 4.69) is 10.6 Å². The van der Waals surface area contributed by atoms with E-state index in [1.165, 1.54) is 0 Å². The van der Waals surface area contributed by atoms with Crippen LogP contribution in [-0.4, -0.2) is 108 Å². The third-order valence-corrected chi connectivity index (χ3v) is 7.19. The third-order valence-electron chi connectivity index (χ3n) is 7.19. The van der Waals surface area contributed by atoms with Crippen LogP contribution < -0.4 is 10.6 Å². The van der Waals surface area contributed by atoms with E-state index >= 15 is 0 Å². The number of amides is 2. The van der Waals surface area contributed by atoms with Crippen LogP contribution in [-0.2, 0) is 56.0 Å². The summed E-state index contributed by atoms with van der Waals surface area (Å²) in [7, 11) is 0. The second-order valence-electron chi connectivity index (χ2n) is 10.7. The fourth-order valence-electron chi connectivity index (χ4n) is 4.91. The van der Waals surface area contributed by atoms with Gasteiger partial charge < -0.3 is 59.1 Å². The Morgan fingerprint density at radius 1 is 0.723 bits per heavy atom. The van der Waals surface area contributed by atoms with Crippen molar-refractivity contribution in [3.63, 3.8) is 0 Å². The van der Waals surface area contributed by atoms with Crippen LogP contribution in [0, 0.1) is 0 Å². The molecule has 2 amide bonds. The molecule has 16 nitrogen and oxygen atoms in total. The van der Waals surface area contributed by atoms with E-state index in [9.17, 15) is 34.5 Å². The number of hydrogen-bond acceptors (Lipinski definition) is 14. The first-order valence-electron chi connectivity index (χ1n) is 14.7. The van der Waals surface area contributed by atoms with Gasteiger partial charge in [0.1, 0.15) is 56.4 Å². The summed E-state index contributed by atoms with van der Waals surface area (Å²) in [5.41, 5.74) is 1.41. The Bertz CT molecular complexity index is 1330. The third kappa shape index (κ3) is 10.3. The predicted molar refractivity (Wildman–Crippen MR) is 157 cm³/mol. The van der Waals surface area contributed by atoms with Crippen LogP contribution in [0.15, 0.2) is 60.7 Å². The molecule has 0 radical (unpaired) electrons. The van der Waals surface area contributed by atoms with Gasteiger partial charge in [-0.3, -0.25) is 9.59 Å². The van der Waals surface area contributed by atoms with Crippen molar-refractivity contribution < 1.29 is 67.7 Å². The van der Waals surface area contributed by atoms with Crippen molar-refractivity contribution in [3.8, 4) is 0 Å². The number of carbonyl (C=O) groups excluding carboxylic acids is 4. The molecular formula is C31H38N2O14. The van der Waals surface area contributed by atoms with Crippen molar-refractivity contribution in [2.24, 2.45) is 0 Å². The Hall–Kier alpha value is -4.32. The molecule has 1 unspecified atom stereocenters.